The Morgan fingerprint density at radius 2 is 0.576 bits per heavy atom. The molecule has 0 saturated heterocycles. The van der Waals surface area contributed by atoms with Gasteiger partial charge in [0.2, 0.25) is 5.91 Å². The van der Waals surface area contributed by atoms with E-state index < -0.39 is 12.1 Å². The van der Waals surface area contributed by atoms with Crippen LogP contribution in [0.1, 0.15) is 348 Å². The molecule has 0 fully saturated rings. The number of rotatable bonds is 57. The zero-order chi connectivity index (χ0) is 47.7. The fourth-order valence-electron chi connectivity index (χ4n) is 9.77. The first-order valence-corrected chi connectivity index (χ1v) is 30.6. The Morgan fingerprint density at radius 3 is 0.833 bits per heavy atom. The summed E-state index contributed by atoms with van der Waals surface area (Å²) >= 11 is 0. The molecule has 0 bridgehead atoms. The molecule has 0 heterocycles. The molecule has 0 aliphatic heterocycles. The number of carbonyl (C=O) groups excluding carboxylic acids is 1. The van der Waals surface area contributed by atoms with Crippen molar-refractivity contribution in [2.75, 3.05) is 6.61 Å². The molecular weight excluding hydrogens is 807 g/mol. The third-order valence-electron chi connectivity index (χ3n) is 14.4. The number of allylic oxidation sites excluding steroid dienone is 3. The van der Waals surface area contributed by atoms with Gasteiger partial charge in [-0.1, -0.05) is 321 Å². The van der Waals surface area contributed by atoms with Crippen molar-refractivity contribution in [1.29, 1.82) is 0 Å². The zero-order valence-electron chi connectivity index (χ0n) is 45.2. The van der Waals surface area contributed by atoms with Gasteiger partial charge in [-0.25, -0.2) is 0 Å². The number of hydrogen-bond donors (Lipinski definition) is 3. The average molecular weight is 929 g/mol. The highest BCUT2D eigenvalue weighted by atomic mass is 16.3. The molecule has 66 heavy (non-hydrogen) atoms. The number of carbonyl (C=O) groups is 1. The first-order valence-electron chi connectivity index (χ1n) is 30.6. The van der Waals surface area contributed by atoms with Crippen molar-refractivity contribution in [3.63, 3.8) is 0 Å². The fourth-order valence-corrected chi connectivity index (χ4v) is 9.77. The summed E-state index contributed by atoms with van der Waals surface area (Å²) < 4.78 is 0. The van der Waals surface area contributed by atoms with Crippen molar-refractivity contribution in [3.05, 3.63) is 24.3 Å². The molecule has 1 amide bonds. The van der Waals surface area contributed by atoms with Gasteiger partial charge >= 0.3 is 0 Å². The van der Waals surface area contributed by atoms with Crippen molar-refractivity contribution in [2.45, 2.75) is 360 Å². The van der Waals surface area contributed by atoms with Crippen molar-refractivity contribution in [1.82, 2.24) is 5.32 Å². The van der Waals surface area contributed by atoms with E-state index in [0.717, 1.165) is 25.7 Å². The van der Waals surface area contributed by atoms with E-state index in [2.05, 4.69) is 31.3 Å². The molecule has 0 aliphatic carbocycles. The molecule has 0 aromatic rings. The summed E-state index contributed by atoms with van der Waals surface area (Å²) in [6.07, 6.45) is 78.0. The van der Waals surface area contributed by atoms with Crippen LogP contribution >= 0.6 is 0 Å². The van der Waals surface area contributed by atoms with Crippen LogP contribution in [0.4, 0.5) is 0 Å². The van der Waals surface area contributed by atoms with Crippen LogP contribution in [0.25, 0.3) is 0 Å². The smallest absolute Gasteiger partial charge is 0.220 e. The Morgan fingerprint density at radius 1 is 0.348 bits per heavy atom. The van der Waals surface area contributed by atoms with Crippen LogP contribution in [0.3, 0.4) is 0 Å². The Kier molecular flexibility index (Phi) is 57.2. The standard InChI is InChI=1S/C62H121NO3/c1-3-5-7-9-11-13-15-17-19-21-23-25-26-27-28-29-30-31-32-33-34-35-36-38-39-41-43-45-47-49-51-53-55-57-61(65)60(59-64)63-62(66)58-56-54-52-50-48-46-44-42-40-37-24-22-20-18-16-14-12-10-8-6-4-2/h22,24,55,57,60-61,64-65H,3-21,23,25-54,56,58-59H2,1-2H3,(H,63,66)/b24-22-,57-55+. The lowest BCUT2D eigenvalue weighted by molar-refractivity contribution is -0.123. The number of nitrogens with one attached hydrogen (secondary N) is 1. The van der Waals surface area contributed by atoms with Crippen molar-refractivity contribution in [2.24, 2.45) is 0 Å². The third kappa shape index (κ3) is 53.8. The van der Waals surface area contributed by atoms with Gasteiger partial charge in [0, 0.05) is 6.42 Å². The highest BCUT2D eigenvalue weighted by molar-refractivity contribution is 5.76. The minimum atomic E-state index is -0.840. The molecule has 392 valence electrons. The van der Waals surface area contributed by atoms with Gasteiger partial charge in [-0.2, -0.15) is 0 Å². The summed E-state index contributed by atoms with van der Waals surface area (Å²) in [4.78, 5) is 12.5. The van der Waals surface area contributed by atoms with Crippen molar-refractivity contribution in [3.8, 4) is 0 Å². The van der Waals surface area contributed by atoms with Gasteiger partial charge in [-0.3, -0.25) is 4.79 Å². The normalized spacial score (nSPS) is 12.8. The van der Waals surface area contributed by atoms with E-state index >= 15 is 0 Å². The summed E-state index contributed by atoms with van der Waals surface area (Å²) in [6.45, 7) is 4.35. The molecule has 4 heteroatoms. The van der Waals surface area contributed by atoms with Gasteiger partial charge in [0.25, 0.3) is 0 Å². The fraction of sp³-hybridized carbons (Fsp3) is 0.919. The second kappa shape index (κ2) is 58.2. The quantitative estimate of drug-likeness (QED) is 0.0420. The molecular formula is C62H121NO3. The molecule has 0 aliphatic rings. The highest BCUT2D eigenvalue weighted by Gasteiger charge is 2.18. The van der Waals surface area contributed by atoms with Crippen molar-refractivity contribution >= 4 is 5.91 Å². The van der Waals surface area contributed by atoms with Crippen LogP contribution in [0.15, 0.2) is 24.3 Å². The van der Waals surface area contributed by atoms with Gasteiger partial charge in [-0.15, -0.1) is 0 Å². The molecule has 0 saturated carbocycles. The number of aliphatic hydroxyl groups is 2. The summed E-state index contributed by atoms with van der Waals surface area (Å²) in [5, 5.41) is 23.2. The molecule has 0 aromatic heterocycles. The maximum atomic E-state index is 12.5. The molecule has 0 spiro atoms. The van der Waals surface area contributed by atoms with E-state index in [9.17, 15) is 15.0 Å². The van der Waals surface area contributed by atoms with E-state index in [-0.39, 0.29) is 12.5 Å². The summed E-state index contributed by atoms with van der Waals surface area (Å²) in [5.41, 5.74) is 0. The first-order chi connectivity index (χ1) is 32.7. The van der Waals surface area contributed by atoms with E-state index in [4.69, 9.17) is 0 Å². The molecule has 3 N–H and O–H groups in total. The van der Waals surface area contributed by atoms with Crippen LogP contribution < -0.4 is 5.32 Å². The van der Waals surface area contributed by atoms with E-state index in [1.165, 1.54) is 302 Å². The molecule has 0 radical (unpaired) electrons. The SMILES string of the molecule is CCCCCCCCCC/C=C\CCCCCCCCCCCC(=O)NC(CO)C(O)/C=C/CCCCCCCCCCCCCCCCCCCCCCCCCCCCCCCCC. The van der Waals surface area contributed by atoms with Gasteiger partial charge in [0.05, 0.1) is 18.8 Å². The number of hydrogen-bond acceptors (Lipinski definition) is 3. The zero-order valence-corrected chi connectivity index (χ0v) is 45.2. The lowest BCUT2D eigenvalue weighted by Gasteiger charge is -2.20. The third-order valence-corrected chi connectivity index (χ3v) is 14.4. The van der Waals surface area contributed by atoms with E-state index in [1.807, 2.05) is 6.08 Å². The average Bonchev–Trinajstić information content (AvgIpc) is 3.32. The topological polar surface area (TPSA) is 69.6 Å². The minimum Gasteiger partial charge on any atom is -0.394 e. The second-order valence-corrected chi connectivity index (χ2v) is 21.1. The predicted molar refractivity (Wildman–Crippen MR) is 295 cm³/mol. The molecule has 2 unspecified atom stereocenters. The molecule has 2 atom stereocenters. The van der Waals surface area contributed by atoms with Crippen LogP contribution in [0, 0.1) is 0 Å². The lowest BCUT2D eigenvalue weighted by Crippen LogP contribution is -2.45. The van der Waals surface area contributed by atoms with Crippen molar-refractivity contribution < 1.29 is 15.0 Å². The maximum Gasteiger partial charge on any atom is 0.220 e. The Hall–Kier alpha value is -1.13. The molecule has 4 nitrogen and oxygen atoms in total. The van der Waals surface area contributed by atoms with E-state index in [0.29, 0.717) is 6.42 Å². The van der Waals surface area contributed by atoms with Crippen LogP contribution in [0.5, 0.6) is 0 Å². The highest BCUT2D eigenvalue weighted by Crippen LogP contribution is 2.18. The Labute approximate surface area is 415 Å². The second-order valence-electron chi connectivity index (χ2n) is 21.1. The number of aliphatic hydroxyl groups excluding tert-OH is 2. The van der Waals surface area contributed by atoms with Gasteiger partial charge in [0.1, 0.15) is 0 Å². The largest absolute Gasteiger partial charge is 0.394 e. The van der Waals surface area contributed by atoms with Crippen LogP contribution in [-0.4, -0.2) is 34.9 Å². The summed E-state index contributed by atoms with van der Waals surface area (Å²) in [6, 6.07) is -0.623. The van der Waals surface area contributed by atoms with Crippen LogP contribution in [0.2, 0.25) is 0 Å². The van der Waals surface area contributed by atoms with E-state index in [1.54, 1.807) is 6.08 Å². The monoisotopic (exact) mass is 928 g/mol. The van der Waals surface area contributed by atoms with Crippen LogP contribution in [-0.2, 0) is 4.79 Å². The summed E-state index contributed by atoms with van der Waals surface area (Å²) in [7, 11) is 0. The number of amides is 1. The molecule has 0 rings (SSSR count). The number of unbranched alkanes of at least 4 members (excludes halogenated alkanes) is 48. The molecule has 0 aromatic carbocycles. The van der Waals surface area contributed by atoms with Gasteiger partial charge < -0.3 is 15.5 Å². The first kappa shape index (κ1) is 64.9. The maximum absolute atomic E-state index is 12.5. The Bertz CT molecular complexity index is 963. The predicted octanol–water partition coefficient (Wildman–Crippen LogP) is 20.3. The lowest BCUT2D eigenvalue weighted by atomic mass is 10.0. The summed E-state index contributed by atoms with van der Waals surface area (Å²) in [5.74, 6) is -0.0606. The van der Waals surface area contributed by atoms with Gasteiger partial charge in [-0.05, 0) is 44.9 Å². The van der Waals surface area contributed by atoms with Gasteiger partial charge in [0.15, 0.2) is 0 Å². The Balaban J connectivity index is 3.43. The minimum absolute atomic E-state index is 0.0606.